The van der Waals surface area contributed by atoms with Crippen LogP contribution in [0.2, 0.25) is 5.02 Å². The lowest BCUT2D eigenvalue weighted by atomic mass is 10.1. The molecule has 30 heavy (non-hydrogen) atoms. The Labute approximate surface area is 185 Å². The summed E-state index contributed by atoms with van der Waals surface area (Å²) in [5.74, 6) is 2.22. The molecule has 0 saturated carbocycles. The van der Waals surface area contributed by atoms with Gasteiger partial charge in [-0.15, -0.1) is 5.10 Å². The first kappa shape index (κ1) is 21.7. The summed E-state index contributed by atoms with van der Waals surface area (Å²) in [6.07, 6.45) is 1.65. The van der Waals surface area contributed by atoms with Crippen LogP contribution in [-0.4, -0.2) is 18.5 Å². The molecule has 0 fully saturated rings. The molecular formula is C23H22ClN3O2S. The van der Waals surface area contributed by atoms with Crippen LogP contribution in [-0.2, 0) is 12.4 Å². The number of nitrogens with two attached hydrogens (primary N) is 1. The second kappa shape index (κ2) is 11.3. The molecule has 5 nitrogen and oxygen atoms in total. The predicted octanol–water partition coefficient (Wildman–Crippen LogP) is 5.51. The Morgan fingerprint density at radius 3 is 2.57 bits per heavy atom. The Morgan fingerprint density at radius 1 is 1.07 bits per heavy atom. The SMILES string of the molecule is COc1ccc(C=NN=C(N)SCc2ccccc2)cc1COc1ccc(Cl)cc1. The Bertz CT molecular complexity index is 1010. The minimum Gasteiger partial charge on any atom is -0.496 e. The first-order valence-corrected chi connectivity index (χ1v) is 10.6. The van der Waals surface area contributed by atoms with Gasteiger partial charge in [0.2, 0.25) is 0 Å². The van der Waals surface area contributed by atoms with Gasteiger partial charge in [-0.2, -0.15) is 5.10 Å². The molecule has 0 aliphatic rings. The number of nitrogens with zero attached hydrogens (tertiary/aromatic N) is 2. The fraction of sp³-hybridized carbons (Fsp3) is 0.130. The number of ether oxygens (including phenoxy) is 2. The molecule has 0 heterocycles. The van der Waals surface area contributed by atoms with E-state index in [-0.39, 0.29) is 0 Å². The highest BCUT2D eigenvalue weighted by Gasteiger charge is 2.05. The summed E-state index contributed by atoms with van der Waals surface area (Å²) >= 11 is 7.35. The number of thioether (sulfide) groups is 1. The molecule has 0 saturated heterocycles. The van der Waals surface area contributed by atoms with Crippen LogP contribution in [0.25, 0.3) is 0 Å². The van der Waals surface area contributed by atoms with Crippen molar-refractivity contribution in [2.45, 2.75) is 12.4 Å². The minimum atomic E-state index is 0.352. The Morgan fingerprint density at radius 2 is 1.83 bits per heavy atom. The predicted molar refractivity (Wildman–Crippen MR) is 126 cm³/mol. The highest BCUT2D eigenvalue weighted by atomic mass is 35.5. The molecule has 154 valence electrons. The molecule has 0 amide bonds. The molecule has 0 aliphatic heterocycles. The Hall–Kier alpha value is -2.96. The molecule has 2 N–H and O–H groups in total. The van der Waals surface area contributed by atoms with Crippen molar-refractivity contribution >= 4 is 34.7 Å². The van der Waals surface area contributed by atoms with Gasteiger partial charge in [-0.3, -0.25) is 0 Å². The van der Waals surface area contributed by atoms with Gasteiger partial charge in [0.25, 0.3) is 0 Å². The van der Waals surface area contributed by atoms with Crippen molar-refractivity contribution in [1.29, 1.82) is 0 Å². The number of hydrogen-bond donors (Lipinski definition) is 1. The van der Waals surface area contributed by atoms with Gasteiger partial charge in [0.05, 0.1) is 13.3 Å². The Kier molecular flexibility index (Phi) is 8.18. The van der Waals surface area contributed by atoms with Crippen molar-refractivity contribution in [1.82, 2.24) is 0 Å². The average Bonchev–Trinajstić information content (AvgIpc) is 2.78. The number of hydrogen-bond acceptors (Lipinski definition) is 5. The lowest BCUT2D eigenvalue weighted by Crippen LogP contribution is -2.06. The van der Waals surface area contributed by atoms with Crippen molar-refractivity contribution in [2.24, 2.45) is 15.9 Å². The third-order valence-corrected chi connectivity index (χ3v) is 5.21. The van der Waals surface area contributed by atoms with Crippen LogP contribution in [0.15, 0.2) is 83.0 Å². The molecule has 0 aliphatic carbocycles. The summed E-state index contributed by atoms with van der Waals surface area (Å²) < 4.78 is 11.3. The lowest BCUT2D eigenvalue weighted by Gasteiger charge is -2.11. The van der Waals surface area contributed by atoms with Crippen molar-refractivity contribution in [3.8, 4) is 11.5 Å². The van der Waals surface area contributed by atoms with E-state index >= 15 is 0 Å². The largest absolute Gasteiger partial charge is 0.496 e. The first-order chi connectivity index (χ1) is 14.6. The maximum atomic E-state index is 5.93. The van der Waals surface area contributed by atoms with Crippen molar-refractivity contribution in [3.05, 3.63) is 94.5 Å². The number of methoxy groups -OCH3 is 1. The van der Waals surface area contributed by atoms with E-state index in [0.717, 1.165) is 28.4 Å². The van der Waals surface area contributed by atoms with E-state index in [1.165, 1.54) is 17.3 Å². The molecule has 0 spiro atoms. The van der Waals surface area contributed by atoms with Gasteiger partial charge in [0, 0.05) is 16.3 Å². The van der Waals surface area contributed by atoms with Gasteiger partial charge in [-0.05, 0) is 53.6 Å². The highest BCUT2D eigenvalue weighted by Crippen LogP contribution is 2.23. The molecular weight excluding hydrogens is 418 g/mol. The van der Waals surface area contributed by atoms with E-state index in [4.69, 9.17) is 26.8 Å². The second-order valence-corrected chi connectivity index (χ2v) is 7.70. The summed E-state index contributed by atoms with van der Waals surface area (Å²) in [5.41, 5.74) is 8.88. The molecule has 3 aromatic rings. The Balaban J connectivity index is 1.61. The molecule has 0 unspecified atom stereocenters. The standard InChI is InChI=1S/C23H22ClN3O2S/c1-28-22-12-7-18(13-19(22)15-29-21-10-8-20(24)9-11-21)14-26-27-23(25)30-16-17-5-3-2-4-6-17/h2-14H,15-16H2,1H3,(H2,25,27). The maximum Gasteiger partial charge on any atom is 0.180 e. The van der Waals surface area contributed by atoms with E-state index < -0.39 is 0 Å². The topological polar surface area (TPSA) is 69.2 Å². The normalized spacial score (nSPS) is 11.6. The van der Waals surface area contributed by atoms with Crippen molar-refractivity contribution < 1.29 is 9.47 Å². The molecule has 3 rings (SSSR count). The van der Waals surface area contributed by atoms with Crippen LogP contribution >= 0.6 is 23.4 Å². The van der Waals surface area contributed by atoms with E-state index in [1.807, 2.05) is 48.5 Å². The molecule has 3 aromatic carbocycles. The van der Waals surface area contributed by atoms with E-state index in [0.29, 0.717) is 16.8 Å². The van der Waals surface area contributed by atoms with Gasteiger partial charge in [-0.25, -0.2) is 0 Å². The molecule has 0 bridgehead atoms. The lowest BCUT2D eigenvalue weighted by molar-refractivity contribution is 0.296. The fourth-order valence-electron chi connectivity index (χ4n) is 2.60. The van der Waals surface area contributed by atoms with Gasteiger partial charge in [0.1, 0.15) is 18.1 Å². The van der Waals surface area contributed by atoms with Gasteiger partial charge < -0.3 is 15.2 Å². The zero-order valence-electron chi connectivity index (χ0n) is 16.5. The second-order valence-electron chi connectivity index (χ2n) is 6.27. The van der Waals surface area contributed by atoms with Crippen LogP contribution in [0.1, 0.15) is 16.7 Å². The van der Waals surface area contributed by atoms with Gasteiger partial charge >= 0.3 is 0 Å². The monoisotopic (exact) mass is 439 g/mol. The smallest absolute Gasteiger partial charge is 0.180 e. The number of benzene rings is 3. The third kappa shape index (κ3) is 6.83. The van der Waals surface area contributed by atoms with E-state index in [1.54, 1.807) is 25.5 Å². The third-order valence-electron chi connectivity index (χ3n) is 4.11. The van der Waals surface area contributed by atoms with Crippen molar-refractivity contribution in [3.63, 3.8) is 0 Å². The van der Waals surface area contributed by atoms with Crippen LogP contribution in [0.3, 0.4) is 0 Å². The maximum absolute atomic E-state index is 5.93. The summed E-state index contributed by atoms with van der Waals surface area (Å²) in [5, 5.41) is 9.24. The summed E-state index contributed by atoms with van der Waals surface area (Å²) in [6.45, 7) is 0.352. The summed E-state index contributed by atoms with van der Waals surface area (Å²) in [7, 11) is 1.63. The van der Waals surface area contributed by atoms with Crippen LogP contribution in [0.4, 0.5) is 0 Å². The van der Waals surface area contributed by atoms with E-state index in [2.05, 4.69) is 22.3 Å². The van der Waals surface area contributed by atoms with Crippen LogP contribution in [0.5, 0.6) is 11.5 Å². The quantitative estimate of drug-likeness (QED) is 0.285. The highest BCUT2D eigenvalue weighted by molar-refractivity contribution is 8.13. The minimum absolute atomic E-state index is 0.352. The zero-order chi connectivity index (χ0) is 21.2. The molecule has 0 atom stereocenters. The zero-order valence-corrected chi connectivity index (χ0v) is 18.1. The van der Waals surface area contributed by atoms with E-state index in [9.17, 15) is 0 Å². The number of rotatable bonds is 8. The number of amidine groups is 1. The van der Waals surface area contributed by atoms with Gasteiger partial charge in [0.15, 0.2) is 5.17 Å². The first-order valence-electron chi connectivity index (χ1n) is 9.22. The van der Waals surface area contributed by atoms with Crippen molar-refractivity contribution in [2.75, 3.05) is 7.11 Å². The summed E-state index contributed by atoms with van der Waals surface area (Å²) in [6, 6.07) is 23.0. The summed E-state index contributed by atoms with van der Waals surface area (Å²) in [4.78, 5) is 0. The molecule has 7 heteroatoms. The van der Waals surface area contributed by atoms with Gasteiger partial charge in [-0.1, -0.05) is 53.7 Å². The molecule has 0 radical (unpaired) electrons. The van der Waals surface area contributed by atoms with Crippen LogP contribution in [0, 0.1) is 0 Å². The average molecular weight is 440 g/mol. The van der Waals surface area contributed by atoms with Crippen LogP contribution < -0.4 is 15.2 Å². The molecule has 0 aromatic heterocycles. The fourth-order valence-corrected chi connectivity index (χ4v) is 3.33. The number of halogens is 1.